The van der Waals surface area contributed by atoms with E-state index in [2.05, 4.69) is 48.5 Å². The summed E-state index contributed by atoms with van der Waals surface area (Å²) in [4.78, 5) is 26.3. The summed E-state index contributed by atoms with van der Waals surface area (Å²) in [6.07, 6.45) is 6.91. The topological polar surface area (TPSA) is 95.4 Å². The van der Waals surface area contributed by atoms with Gasteiger partial charge in [0.2, 0.25) is 0 Å². The van der Waals surface area contributed by atoms with Gasteiger partial charge in [-0.15, -0.1) is 10.2 Å². The smallest absolute Gasteiger partial charge is 0.254 e. The van der Waals surface area contributed by atoms with Gasteiger partial charge in [0.15, 0.2) is 11.5 Å². The Labute approximate surface area is 259 Å². The molecule has 226 valence electrons. The molecular formula is C35H34N8O2. The van der Waals surface area contributed by atoms with E-state index in [4.69, 9.17) is 14.7 Å². The van der Waals surface area contributed by atoms with Crippen LogP contribution in [0.3, 0.4) is 0 Å². The van der Waals surface area contributed by atoms with Crippen LogP contribution in [0.25, 0.3) is 50.5 Å². The number of aromatic nitrogens is 7. The van der Waals surface area contributed by atoms with Gasteiger partial charge in [-0.2, -0.15) is 0 Å². The molecule has 45 heavy (non-hydrogen) atoms. The van der Waals surface area contributed by atoms with Crippen LogP contribution in [-0.2, 0) is 13.6 Å². The first kappa shape index (κ1) is 25.6. The Kier molecular flexibility index (Phi) is 5.07. The monoisotopic (exact) mass is 598 g/mol. The lowest BCUT2D eigenvalue weighted by molar-refractivity contribution is -0.0204. The predicted molar refractivity (Wildman–Crippen MR) is 170 cm³/mol. The second kappa shape index (κ2) is 8.93. The second-order valence-corrected chi connectivity index (χ2v) is 13.7. The number of benzene rings is 1. The van der Waals surface area contributed by atoms with Crippen LogP contribution >= 0.6 is 0 Å². The number of fused-ring (bicyclic) bond motifs is 3. The zero-order chi connectivity index (χ0) is 30.1. The van der Waals surface area contributed by atoms with Gasteiger partial charge in [-0.05, 0) is 98.7 Å². The SMILES string of the molecule is COc1cc(C(=O)N2CC3CC4CC2[C@H]43)cc2nc(-c3cc4ccc(-c5ccn6c(C)nnc6c5)nc4n3CC3CC3)n(C)c12. The van der Waals surface area contributed by atoms with Crippen LogP contribution in [0.4, 0.5) is 0 Å². The minimum atomic E-state index is 0.110. The van der Waals surface area contributed by atoms with Gasteiger partial charge in [-0.1, -0.05) is 0 Å². The zero-order valence-corrected chi connectivity index (χ0v) is 25.6. The molecule has 10 heteroatoms. The highest BCUT2D eigenvalue weighted by Gasteiger charge is 2.61. The van der Waals surface area contributed by atoms with E-state index in [1.165, 1.54) is 19.3 Å². The molecule has 6 heterocycles. The van der Waals surface area contributed by atoms with Gasteiger partial charge in [0.1, 0.15) is 22.7 Å². The largest absolute Gasteiger partial charge is 0.494 e. The van der Waals surface area contributed by atoms with Crippen molar-refractivity contribution in [1.82, 2.24) is 38.6 Å². The Morgan fingerprint density at radius 3 is 2.71 bits per heavy atom. The Morgan fingerprint density at radius 1 is 1.02 bits per heavy atom. The minimum Gasteiger partial charge on any atom is -0.494 e. The van der Waals surface area contributed by atoms with Gasteiger partial charge in [0.05, 0.1) is 24.0 Å². The molecule has 3 unspecified atom stereocenters. The van der Waals surface area contributed by atoms with Crippen molar-refractivity contribution in [2.24, 2.45) is 30.7 Å². The van der Waals surface area contributed by atoms with Crippen molar-refractivity contribution in [3.8, 4) is 28.5 Å². The lowest BCUT2D eigenvalue weighted by atomic mass is 9.53. The van der Waals surface area contributed by atoms with Gasteiger partial charge in [0, 0.05) is 48.9 Å². The third-order valence-electron chi connectivity index (χ3n) is 11.2. The Hall–Kier alpha value is -4.73. The number of carbonyl (C=O) groups is 1. The number of imidazole rings is 1. The lowest BCUT2D eigenvalue weighted by Crippen LogP contribution is -2.53. The molecule has 6 aromatic rings. The van der Waals surface area contributed by atoms with Crippen molar-refractivity contribution in [3.63, 3.8) is 0 Å². The third-order valence-corrected chi connectivity index (χ3v) is 11.2. The maximum atomic E-state index is 13.8. The first-order valence-electron chi connectivity index (χ1n) is 16.1. The van der Waals surface area contributed by atoms with Gasteiger partial charge < -0.3 is 18.8 Å². The van der Waals surface area contributed by atoms with E-state index in [0.717, 1.165) is 87.7 Å². The van der Waals surface area contributed by atoms with E-state index in [1.54, 1.807) is 7.11 Å². The molecule has 0 spiro atoms. The Morgan fingerprint density at radius 2 is 1.91 bits per heavy atom. The molecule has 4 atom stereocenters. The number of rotatable bonds is 6. The maximum absolute atomic E-state index is 13.8. The molecule has 1 amide bonds. The average Bonchev–Trinajstić information content (AvgIpc) is 3.57. The van der Waals surface area contributed by atoms with Crippen LogP contribution in [0.2, 0.25) is 0 Å². The quantitative estimate of drug-likeness (QED) is 0.251. The number of hydrogen-bond acceptors (Lipinski definition) is 6. The number of aryl methyl sites for hydroxylation is 2. The fourth-order valence-corrected chi connectivity index (χ4v) is 8.57. The summed E-state index contributed by atoms with van der Waals surface area (Å²) in [6.45, 7) is 3.73. The standard InChI is InChI=1S/C35H34N8O2/c1-18-38-39-30-15-20(8-9-41(18)30)25-7-6-21-12-28(42(33(21)36-25)16-19-4-5-19)34-37-26-11-23(14-29(45-3)32(26)40(34)2)35(44)43-17-24-10-22-13-27(43)31(22)24/h6-9,11-12,14-15,19,22,24,27,31H,4-5,10,13,16-17H2,1-3H3/t22?,24?,27?,31-/m1/s1. The van der Waals surface area contributed by atoms with Crippen LogP contribution in [0.1, 0.15) is 41.9 Å². The molecule has 1 saturated heterocycles. The van der Waals surface area contributed by atoms with Crippen molar-refractivity contribution in [2.45, 2.75) is 45.2 Å². The number of carbonyl (C=O) groups excluding carboxylic acids is 1. The van der Waals surface area contributed by atoms with Crippen molar-refractivity contribution in [2.75, 3.05) is 13.7 Å². The highest BCUT2D eigenvalue weighted by Crippen LogP contribution is 2.60. The number of ether oxygens (including phenoxy) is 1. The summed E-state index contributed by atoms with van der Waals surface area (Å²) in [7, 11) is 3.71. The fraction of sp³-hybridized carbons (Fsp3) is 0.400. The lowest BCUT2D eigenvalue weighted by Gasteiger charge is -2.52. The normalized spacial score (nSPS) is 23.5. The molecule has 10 rings (SSSR count). The molecular weight excluding hydrogens is 564 g/mol. The summed E-state index contributed by atoms with van der Waals surface area (Å²) < 4.78 is 12.3. The highest BCUT2D eigenvalue weighted by molar-refractivity contribution is 6.00. The number of likely N-dealkylation sites (tertiary alicyclic amines) is 1. The molecule has 4 fully saturated rings. The van der Waals surface area contributed by atoms with E-state index < -0.39 is 0 Å². The molecule has 0 N–H and O–H groups in total. The van der Waals surface area contributed by atoms with Crippen molar-refractivity contribution >= 4 is 33.6 Å². The van der Waals surface area contributed by atoms with E-state index in [-0.39, 0.29) is 5.91 Å². The zero-order valence-electron chi connectivity index (χ0n) is 25.6. The number of hydrogen-bond donors (Lipinski definition) is 0. The van der Waals surface area contributed by atoms with E-state index in [1.807, 2.05) is 42.8 Å². The highest BCUT2D eigenvalue weighted by atomic mass is 16.5. The average molecular weight is 599 g/mol. The number of pyridine rings is 2. The first-order chi connectivity index (χ1) is 21.9. The number of nitrogens with zero attached hydrogens (tertiary/aromatic N) is 8. The molecule has 5 aromatic heterocycles. The molecule has 0 bridgehead atoms. The molecule has 3 saturated carbocycles. The Bertz CT molecular complexity index is 2220. The van der Waals surface area contributed by atoms with Crippen molar-refractivity contribution in [1.29, 1.82) is 0 Å². The van der Waals surface area contributed by atoms with Crippen LogP contribution < -0.4 is 4.74 Å². The first-order valence-corrected chi connectivity index (χ1v) is 16.1. The Balaban J connectivity index is 1.08. The second-order valence-electron chi connectivity index (χ2n) is 13.7. The summed E-state index contributed by atoms with van der Waals surface area (Å²) in [5, 5.41) is 9.59. The van der Waals surface area contributed by atoms with E-state index in [0.29, 0.717) is 29.2 Å². The van der Waals surface area contributed by atoms with Gasteiger partial charge >= 0.3 is 0 Å². The third kappa shape index (κ3) is 3.59. The van der Waals surface area contributed by atoms with Gasteiger partial charge in [-0.25, -0.2) is 9.97 Å². The molecule has 4 aliphatic rings. The molecule has 10 nitrogen and oxygen atoms in total. The molecule has 1 aliphatic heterocycles. The molecule has 1 aromatic carbocycles. The summed E-state index contributed by atoms with van der Waals surface area (Å²) in [6, 6.07) is 14.8. The number of amides is 1. The van der Waals surface area contributed by atoms with Crippen molar-refractivity contribution < 1.29 is 9.53 Å². The fourth-order valence-electron chi connectivity index (χ4n) is 8.57. The summed E-state index contributed by atoms with van der Waals surface area (Å²) in [5.74, 6) is 5.40. The minimum absolute atomic E-state index is 0.110. The van der Waals surface area contributed by atoms with Gasteiger partial charge in [-0.3, -0.25) is 9.20 Å². The van der Waals surface area contributed by atoms with E-state index >= 15 is 0 Å². The van der Waals surface area contributed by atoms with Crippen LogP contribution in [-0.4, -0.2) is 64.2 Å². The number of methoxy groups -OCH3 is 1. The van der Waals surface area contributed by atoms with Crippen LogP contribution in [0.15, 0.2) is 48.7 Å². The maximum Gasteiger partial charge on any atom is 0.254 e. The van der Waals surface area contributed by atoms with Crippen LogP contribution in [0, 0.1) is 30.6 Å². The molecule has 3 aliphatic carbocycles. The van der Waals surface area contributed by atoms with Crippen molar-refractivity contribution in [3.05, 3.63) is 60.0 Å². The van der Waals surface area contributed by atoms with Gasteiger partial charge in [0.25, 0.3) is 5.91 Å². The predicted octanol–water partition coefficient (Wildman–Crippen LogP) is 5.51. The van der Waals surface area contributed by atoms with E-state index in [9.17, 15) is 4.79 Å². The summed E-state index contributed by atoms with van der Waals surface area (Å²) in [5.41, 5.74) is 7.01. The summed E-state index contributed by atoms with van der Waals surface area (Å²) >= 11 is 0. The molecule has 0 radical (unpaired) electrons. The van der Waals surface area contributed by atoms with Crippen LogP contribution in [0.5, 0.6) is 5.75 Å².